The third kappa shape index (κ3) is 4.57. The van der Waals surface area contributed by atoms with Crippen LogP contribution in [0.2, 0.25) is 0 Å². The molecule has 170 valence electrons. The van der Waals surface area contributed by atoms with Crippen molar-refractivity contribution in [1.82, 2.24) is 19.9 Å². The lowest BCUT2D eigenvalue weighted by Gasteiger charge is -2.41. The summed E-state index contributed by atoms with van der Waals surface area (Å²) >= 11 is 0. The number of benzene rings is 1. The molecule has 10 heteroatoms. The van der Waals surface area contributed by atoms with Gasteiger partial charge in [-0.1, -0.05) is 0 Å². The van der Waals surface area contributed by atoms with Gasteiger partial charge < -0.3 is 19.5 Å². The number of nitrogens with zero attached hydrogens (tertiary/aromatic N) is 3. The highest BCUT2D eigenvalue weighted by Crippen LogP contribution is 2.40. The molecule has 0 amide bonds. The van der Waals surface area contributed by atoms with Crippen LogP contribution in [0.5, 0.6) is 17.2 Å². The van der Waals surface area contributed by atoms with Crippen molar-refractivity contribution >= 4 is 21.3 Å². The molecule has 2 aliphatic rings. The van der Waals surface area contributed by atoms with Crippen LogP contribution < -0.4 is 25.1 Å². The van der Waals surface area contributed by atoms with Crippen molar-refractivity contribution in [2.45, 2.75) is 50.2 Å². The van der Waals surface area contributed by atoms with Crippen molar-refractivity contribution in [3.63, 3.8) is 0 Å². The number of hydrogen-bond donors (Lipinski definition) is 1. The number of nitrogens with one attached hydrogen (secondary N) is 1. The van der Waals surface area contributed by atoms with Crippen LogP contribution in [-0.2, 0) is 6.42 Å². The van der Waals surface area contributed by atoms with Crippen molar-refractivity contribution in [3.05, 3.63) is 58.1 Å². The molecule has 0 radical (unpaired) electrons. The molecule has 0 bridgehead atoms. The molecule has 1 aromatic carbocycles. The number of hydrogen-bond acceptors (Lipinski definition) is 7. The fourth-order valence-electron chi connectivity index (χ4n) is 4.50. The Bertz CT molecular complexity index is 1230. The van der Waals surface area contributed by atoms with E-state index < -0.39 is 5.40 Å². The van der Waals surface area contributed by atoms with E-state index in [-0.39, 0.29) is 17.8 Å². The van der Waals surface area contributed by atoms with Crippen molar-refractivity contribution < 1.29 is 14.2 Å². The Hall–Kier alpha value is -3.00. The number of fused-ring (bicyclic) bond motifs is 2. The quantitative estimate of drug-likeness (QED) is 0.562. The second kappa shape index (κ2) is 8.74. The SMILES string of the molecule is BC1(B)Oc2cc(OC3CCNCC3)ccc2OC1CCc1nn2c(=O)ccnc2cc1C. The molecule has 3 aromatic rings. The second-order valence-electron chi connectivity index (χ2n) is 9.35. The lowest BCUT2D eigenvalue weighted by molar-refractivity contribution is 0.0347. The zero-order chi connectivity index (χ0) is 23.0. The number of rotatable bonds is 5. The van der Waals surface area contributed by atoms with E-state index in [2.05, 4.69) is 15.4 Å². The predicted molar refractivity (Wildman–Crippen MR) is 130 cm³/mol. The molecule has 1 fully saturated rings. The highest BCUT2D eigenvalue weighted by atomic mass is 16.6. The first-order valence-electron chi connectivity index (χ1n) is 11.6. The summed E-state index contributed by atoms with van der Waals surface area (Å²) in [5, 5.41) is 7.37. The smallest absolute Gasteiger partial charge is 0.274 e. The van der Waals surface area contributed by atoms with Gasteiger partial charge in [-0.25, -0.2) is 4.98 Å². The molecule has 1 N–H and O–H groups in total. The normalized spacial score (nSPS) is 20.0. The molecule has 1 saturated heterocycles. The number of aromatic nitrogens is 3. The lowest BCUT2D eigenvalue weighted by Crippen LogP contribution is -2.54. The van der Waals surface area contributed by atoms with E-state index in [0.29, 0.717) is 24.2 Å². The maximum Gasteiger partial charge on any atom is 0.274 e. The molecule has 0 saturated carbocycles. The average Bonchev–Trinajstić information content (AvgIpc) is 2.78. The Morgan fingerprint density at radius 3 is 2.85 bits per heavy atom. The van der Waals surface area contributed by atoms with Crippen LogP contribution in [0.25, 0.3) is 5.65 Å². The average molecular weight is 446 g/mol. The van der Waals surface area contributed by atoms with Crippen molar-refractivity contribution in [2.75, 3.05) is 13.1 Å². The van der Waals surface area contributed by atoms with Gasteiger partial charge in [0.1, 0.15) is 18.0 Å². The Morgan fingerprint density at radius 2 is 2.03 bits per heavy atom. The monoisotopic (exact) mass is 446 g/mol. The number of aryl methyl sites for hydroxylation is 2. The molecule has 0 aliphatic carbocycles. The first-order chi connectivity index (χ1) is 15.9. The molecular weight excluding hydrogens is 418 g/mol. The van der Waals surface area contributed by atoms with E-state index in [4.69, 9.17) is 14.2 Å². The van der Waals surface area contributed by atoms with Gasteiger partial charge in [0.05, 0.1) is 11.1 Å². The van der Waals surface area contributed by atoms with Gasteiger partial charge >= 0.3 is 0 Å². The van der Waals surface area contributed by atoms with Crippen LogP contribution in [0.15, 0.2) is 41.3 Å². The van der Waals surface area contributed by atoms with Crippen molar-refractivity contribution in [3.8, 4) is 17.2 Å². The first kappa shape index (κ1) is 21.8. The lowest BCUT2D eigenvalue weighted by atomic mass is 9.60. The third-order valence-electron chi connectivity index (χ3n) is 6.44. The molecule has 2 aromatic heterocycles. The molecule has 0 spiro atoms. The van der Waals surface area contributed by atoms with Crippen LogP contribution in [0.4, 0.5) is 0 Å². The molecule has 5 rings (SSSR count). The summed E-state index contributed by atoms with van der Waals surface area (Å²) in [7, 11) is 4.08. The minimum absolute atomic E-state index is 0.163. The molecule has 8 nitrogen and oxygen atoms in total. The standard InChI is InChI=1S/C23H28B2N4O4/c1-14-12-21-27-11-8-22(30)29(21)28-17(14)3-5-20-23(24,25)33-19-13-16(2-4-18(19)32-20)31-15-6-9-26-10-7-15/h2,4,8,11-13,15,20,26H,3,5-7,9-10,24-25H2,1H3. The summed E-state index contributed by atoms with van der Waals surface area (Å²) in [5.41, 5.74) is 2.23. The van der Waals surface area contributed by atoms with Gasteiger partial charge in [0.2, 0.25) is 0 Å². The minimum atomic E-state index is -0.524. The molecular formula is C23H28B2N4O4. The van der Waals surface area contributed by atoms with E-state index in [1.807, 2.05) is 46.9 Å². The zero-order valence-electron chi connectivity index (χ0n) is 19.3. The Balaban J connectivity index is 1.31. The van der Waals surface area contributed by atoms with Gasteiger partial charge in [0.15, 0.2) is 32.8 Å². The highest BCUT2D eigenvalue weighted by molar-refractivity contribution is 6.40. The van der Waals surface area contributed by atoms with E-state index in [9.17, 15) is 4.79 Å². The maximum atomic E-state index is 12.1. The van der Waals surface area contributed by atoms with Gasteiger partial charge in [-0.3, -0.25) is 4.79 Å². The molecule has 33 heavy (non-hydrogen) atoms. The van der Waals surface area contributed by atoms with E-state index >= 15 is 0 Å². The number of piperidine rings is 1. The van der Waals surface area contributed by atoms with Crippen LogP contribution in [0.3, 0.4) is 0 Å². The van der Waals surface area contributed by atoms with E-state index in [1.165, 1.54) is 16.8 Å². The van der Waals surface area contributed by atoms with Gasteiger partial charge in [0, 0.05) is 18.3 Å². The second-order valence-corrected chi connectivity index (χ2v) is 9.35. The summed E-state index contributed by atoms with van der Waals surface area (Å²) in [5.74, 6) is 2.24. The van der Waals surface area contributed by atoms with Crippen LogP contribution in [-0.4, -0.2) is 61.0 Å². The minimum Gasteiger partial charge on any atom is -0.498 e. The Kier molecular flexibility index (Phi) is 5.78. The zero-order valence-corrected chi connectivity index (χ0v) is 19.3. The molecule has 4 heterocycles. The van der Waals surface area contributed by atoms with Crippen molar-refractivity contribution in [1.29, 1.82) is 0 Å². The van der Waals surface area contributed by atoms with Crippen LogP contribution >= 0.6 is 0 Å². The van der Waals surface area contributed by atoms with Crippen LogP contribution in [0.1, 0.15) is 30.5 Å². The van der Waals surface area contributed by atoms with Crippen LogP contribution in [0, 0.1) is 6.92 Å². The fraction of sp³-hybridized carbons (Fsp3) is 0.435. The molecule has 2 aliphatic heterocycles. The maximum absolute atomic E-state index is 12.1. The van der Waals surface area contributed by atoms with Gasteiger partial charge in [-0.2, -0.15) is 9.61 Å². The summed E-state index contributed by atoms with van der Waals surface area (Å²) in [6.45, 7) is 3.96. The van der Waals surface area contributed by atoms with Gasteiger partial charge in [-0.15, -0.1) is 0 Å². The van der Waals surface area contributed by atoms with E-state index in [0.717, 1.165) is 48.7 Å². The van der Waals surface area contributed by atoms with Gasteiger partial charge in [0.25, 0.3) is 5.56 Å². The fourth-order valence-corrected chi connectivity index (χ4v) is 4.50. The van der Waals surface area contributed by atoms with E-state index in [1.54, 1.807) is 0 Å². The summed E-state index contributed by atoms with van der Waals surface area (Å²) in [4.78, 5) is 16.4. The summed E-state index contributed by atoms with van der Waals surface area (Å²) in [6.07, 6.45) is 4.95. The molecule has 1 unspecified atom stereocenters. The highest BCUT2D eigenvalue weighted by Gasteiger charge is 2.38. The Morgan fingerprint density at radius 1 is 1.21 bits per heavy atom. The largest absolute Gasteiger partial charge is 0.498 e. The topological polar surface area (TPSA) is 87.0 Å². The Labute approximate surface area is 194 Å². The summed E-state index contributed by atoms with van der Waals surface area (Å²) < 4.78 is 20.2. The third-order valence-corrected chi connectivity index (χ3v) is 6.44. The molecule has 1 atom stereocenters. The first-order valence-corrected chi connectivity index (χ1v) is 11.6. The van der Waals surface area contributed by atoms with Crippen molar-refractivity contribution in [2.24, 2.45) is 0 Å². The predicted octanol–water partition coefficient (Wildman–Crippen LogP) is 0.221. The summed E-state index contributed by atoms with van der Waals surface area (Å²) in [6, 6.07) is 9.13. The van der Waals surface area contributed by atoms with Gasteiger partial charge in [-0.05, 0) is 69.5 Å². The number of ether oxygens (including phenoxy) is 3.